The summed E-state index contributed by atoms with van der Waals surface area (Å²) in [4.78, 5) is 16.7. The molecule has 5 nitrogen and oxygen atoms in total. The van der Waals surface area contributed by atoms with Crippen LogP contribution in [0, 0.1) is 6.92 Å². The minimum Gasteiger partial charge on any atom is -0.484 e. The van der Waals surface area contributed by atoms with Gasteiger partial charge in [0.25, 0.3) is 5.91 Å². The summed E-state index contributed by atoms with van der Waals surface area (Å²) in [5, 5.41) is 3.82. The first-order valence-corrected chi connectivity index (χ1v) is 10.1. The number of carbonyl (C=O) groups excluding carboxylic acids is 1. The van der Waals surface area contributed by atoms with E-state index in [-0.39, 0.29) is 16.7 Å². The molecule has 0 bridgehead atoms. The second-order valence-electron chi connectivity index (χ2n) is 6.55. The van der Waals surface area contributed by atoms with Gasteiger partial charge in [-0.15, -0.1) is 0 Å². The summed E-state index contributed by atoms with van der Waals surface area (Å²) in [6.45, 7) is 1.65. The van der Waals surface area contributed by atoms with E-state index in [1.807, 2.05) is 31.2 Å². The van der Waals surface area contributed by atoms with E-state index in [9.17, 15) is 4.79 Å². The van der Waals surface area contributed by atoms with E-state index in [1.165, 1.54) is 0 Å². The molecule has 4 aromatic rings. The Labute approximate surface area is 187 Å². The van der Waals surface area contributed by atoms with Gasteiger partial charge in [-0.05, 0) is 55.0 Å². The van der Waals surface area contributed by atoms with Crippen LogP contribution in [0.15, 0.2) is 59.0 Å². The molecular formula is C22H15Cl3N2O3. The number of aryl methyl sites for hydroxylation is 1. The largest absolute Gasteiger partial charge is 0.484 e. The van der Waals surface area contributed by atoms with Crippen molar-refractivity contribution < 1.29 is 13.9 Å². The minimum atomic E-state index is -0.402. The molecule has 0 saturated carbocycles. The van der Waals surface area contributed by atoms with Gasteiger partial charge in [-0.1, -0.05) is 46.9 Å². The quantitative estimate of drug-likeness (QED) is 0.356. The van der Waals surface area contributed by atoms with Crippen molar-refractivity contribution in [3.63, 3.8) is 0 Å². The lowest BCUT2D eigenvalue weighted by atomic mass is 10.2. The van der Waals surface area contributed by atoms with Gasteiger partial charge >= 0.3 is 0 Å². The zero-order valence-electron chi connectivity index (χ0n) is 15.7. The number of anilines is 1. The number of hydrogen-bond donors (Lipinski definition) is 1. The predicted octanol–water partition coefficient (Wildman–Crippen LogP) is 6.78. The molecule has 1 N–H and O–H groups in total. The molecule has 0 radical (unpaired) electrons. The molecule has 1 aromatic heterocycles. The van der Waals surface area contributed by atoms with Gasteiger partial charge in [-0.25, -0.2) is 4.98 Å². The lowest BCUT2D eigenvalue weighted by molar-refractivity contribution is -0.118. The highest BCUT2D eigenvalue weighted by molar-refractivity contribution is 6.40. The number of amides is 1. The van der Waals surface area contributed by atoms with Crippen LogP contribution in [-0.2, 0) is 4.79 Å². The Morgan fingerprint density at radius 2 is 1.77 bits per heavy atom. The highest BCUT2D eigenvalue weighted by Crippen LogP contribution is 2.36. The molecular weight excluding hydrogens is 447 g/mol. The van der Waals surface area contributed by atoms with Gasteiger partial charge in [0.2, 0.25) is 5.89 Å². The number of oxazole rings is 1. The number of aromatic nitrogens is 1. The fraction of sp³-hybridized carbons (Fsp3) is 0.0909. The maximum absolute atomic E-state index is 12.3. The zero-order valence-corrected chi connectivity index (χ0v) is 18.0. The van der Waals surface area contributed by atoms with Gasteiger partial charge < -0.3 is 14.5 Å². The van der Waals surface area contributed by atoms with Crippen LogP contribution in [0.4, 0.5) is 5.69 Å². The van der Waals surface area contributed by atoms with Gasteiger partial charge in [0, 0.05) is 10.6 Å². The molecule has 30 heavy (non-hydrogen) atoms. The standard InChI is InChI=1S/C22H15Cl3N2O3/c1-12-8-14(6-7-15(12)23)29-11-20(28)27-21-16(24)9-13(10-17(21)25)22-26-18-4-2-3-5-19(18)30-22/h2-10H,11H2,1H3,(H,27,28). The molecule has 152 valence electrons. The van der Waals surface area contributed by atoms with Crippen LogP contribution < -0.4 is 10.1 Å². The number of nitrogens with one attached hydrogen (secondary N) is 1. The monoisotopic (exact) mass is 460 g/mol. The number of ether oxygens (including phenoxy) is 1. The average Bonchev–Trinajstić information content (AvgIpc) is 3.16. The van der Waals surface area contributed by atoms with Crippen molar-refractivity contribution in [1.82, 2.24) is 4.98 Å². The number of para-hydroxylation sites is 2. The average molecular weight is 462 g/mol. The summed E-state index contributed by atoms with van der Waals surface area (Å²) in [6.07, 6.45) is 0. The van der Waals surface area contributed by atoms with Crippen molar-refractivity contribution in [2.24, 2.45) is 0 Å². The number of hydrogen-bond acceptors (Lipinski definition) is 4. The maximum atomic E-state index is 12.3. The summed E-state index contributed by atoms with van der Waals surface area (Å²) < 4.78 is 11.2. The Balaban J connectivity index is 1.49. The Kier molecular flexibility index (Phi) is 5.86. The van der Waals surface area contributed by atoms with Gasteiger partial charge in [-0.2, -0.15) is 0 Å². The minimum absolute atomic E-state index is 0.208. The Morgan fingerprint density at radius 1 is 1.03 bits per heavy atom. The summed E-state index contributed by atoms with van der Waals surface area (Å²) in [6, 6.07) is 15.8. The Bertz CT molecular complexity index is 1200. The van der Waals surface area contributed by atoms with Gasteiger partial charge in [-0.3, -0.25) is 4.79 Å². The third-order valence-electron chi connectivity index (χ3n) is 4.35. The Morgan fingerprint density at radius 3 is 2.47 bits per heavy atom. The second kappa shape index (κ2) is 8.56. The zero-order chi connectivity index (χ0) is 21.3. The number of fused-ring (bicyclic) bond motifs is 1. The molecule has 0 fully saturated rings. The van der Waals surface area contributed by atoms with Crippen LogP contribution in [0.25, 0.3) is 22.6 Å². The lowest BCUT2D eigenvalue weighted by Crippen LogP contribution is -2.20. The maximum Gasteiger partial charge on any atom is 0.262 e. The van der Waals surface area contributed by atoms with Crippen LogP contribution >= 0.6 is 34.8 Å². The highest BCUT2D eigenvalue weighted by atomic mass is 35.5. The number of rotatable bonds is 5. The van der Waals surface area contributed by atoms with Gasteiger partial charge in [0.05, 0.1) is 15.7 Å². The van der Waals surface area contributed by atoms with Crippen LogP contribution in [0.5, 0.6) is 5.75 Å². The first kappa shape index (κ1) is 20.5. The van der Waals surface area contributed by atoms with Gasteiger partial charge in [0.15, 0.2) is 12.2 Å². The molecule has 3 aromatic carbocycles. The van der Waals surface area contributed by atoms with Crippen LogP contribution in [0.2, 0.25) is 15.1 Å². The molecule has 8 heteroatoms. The van der Waals surface area contributed by atoms with Crippen molar-refractivity contribution in [1.29, 1.82) is 0 Å². The number of carbonyl (C=O) groups is 1. The third kappa shape index (κ3) is 4.38. The smallest absolute Gasteiger partial charge is 0.262 e. The molecule has 0 aliphatic rings. The van der Waals surface area contributed by atoms with Gasteiger partial charge in [0.1, 0.15) is 11.3 Å². The van der Waals surface area contributed by atoms with Crippen molar-refractivity contribution in [2.45, 2.75) is 6.92 Å². The van der Waals surface area contributed by atoms with Crippen LogP contribution in [0.1, 0.15) is 5.56 Å². The molecule has 0 aliphatic heterocycles. The molecule has 0 unspecified atom stereocenters. The van der Waals surface area contributed by atoms with Crippen molar-refractivity contribution in [3.05, 3.63) is 75.2 Å². The van der Waals surface area contributed by atoms with E-state index < -0.39 is 5.91 Å². The highest BCUT2D eigenvalue weighted by Gasteiger charge is 2.16. The number of benzene rings is 3. The summed E-state index contributed by atoms with van der Waals surface area (Å²) in [5.41, 5.74) is 3.14. The second-order valence-corrected chi connectivity index (χ2v) is 7.77. The SMILES string of the molecule is Cc1cc(OCC(=O)Nc2c(Cl)cc(-c3nc4ccccc4o3)cc2Cl)ccc1Cl. The Hall–Kier alpha value is -2.73. The van der Waals surface area contributed by atoms with E-state index in [0.717, 1.165) is 11.1 Å². The predicted molar refractivity (Wildman–Crippen MR) is 120 cm³/mol. The molecule has 4 rings (SSSR count). The van der Waals surface area contributed by atoms with Crippen LogP contribution in [0.3, 0.4) is 0 Å². The summed E-state index contributed by atoms with van der Waals surface area (Å²) in [5.74, 6) is 0.524. The molecule has 1 heterocycles. The van der Waals surface area contributed by atoms with E-state index in [2.05, 4.69) is 10.3 Å². The summed E-state index contributed by atoms with van der Waals surface area (Å²) in [7, 11) is 0. The molecule has 0 spiro atoms. The first-order chi connectivity index (χ1) is 14.4. The topological polar surface area (TPSA) is 64.4 Å². The number of halogens is 3. The fourth-order valence-corrected chi connectivity index (χ4v) is 3.54. The van der Waals surface area contributed by atoms with Crippen molar-refractivity contribution in [3.8, 4) is 17.2 Å². The molecule has 0 atom stereocenters. The van der Waals surface area contributed by atoms with E-state index in [1.54, 1.807) is 30.3 Å². The van der Waals surface area contributed by atoms with Crippen LogP contribution in [-0.4, -0.2) is 17.5 Å². The van der Waals surface area contributed by atoms with Crippen molar-refractivity contribution >= 4 is 57.5 Å². The lowest BCUT2D eigenvalue weighted by Gasteiger charge is -2.12. The summed E-state index contributed by atoms with van der Waals surface area (Å²) >= 11 is 18.7. The molecule has 0 saturated heterocycles. The third-order valence-corrected chi connectivity index (χ3v) is 5.37. The van der Waals surface area contributed by atoms with E-state index in [4.69, 9.17) is 44.0 Å². The van der Waals surface area contributed by atoms with E-state index >= 15 is 0 Å². The van der Waals surface area contributed by atoms with E-state index in [0.29, 0.717) is 33.5 Å². The fourth-order valence-electron chi connectivity index (χ4n) is 2.84. The molecule has 1 amide bonds. The molecule has 0 aliphatic carbocycles. The number of nitrogens with zero attached hydrogens (tertiary/aromatic N) is 1. The first-order valence-electron chi connectivity index (χ1n) is 8.94. The van der Waals surface area contributed by atoms with Crippen molar-refractivity contribution in [2.75, 3.05) is 11.9 Å². The normalized spacial score (nSPS) is 10.9.